The molecule has 1 N–H and O–H groups in total. The van der Waals surface area contributed by atoms with Crippen molar-refractivity contribution in [3.63, 3.8) is 0 Å². The largest absolute Gasteiger partial charge is 0.416 e. The molecule has 1 aromatic heterocycles. The summed E-state index contributed by atoms with van der Waals surface area (Å²) in [5.74, 6) is 0.548. The van der Waals surface area contributed by atoms with Crippen LogP contribution in [0.5, 0.6) is 0 Å². The molecule has 2 aromatic rings. The number of rotatable bonds is 5. The van der Waals surface area contributed by atoms with Crippen molar-refractivity contribution in [3.05, 3.63) is 34.8 Å². The number of hydrogen-bond acceptors (Lipinski definition) is 4. The topological polar surface area (TPSA) is 37.8 Å². The molecule has 1 heterocycles. The predicted molar refractivity (Wildman–Crippen MR) is 76.9 cm³/mol. The molecule has 3 nitrogen and oxygen atoms in total. The van der Waals surface area contributed by atoms with Crippen molar-refractivity contribution < 1.29 is 13.2 Å². The van der Waals surface area contributed by atoms with Crippen LogP contribution in [-0.2, 0) is 12.7 Å². The lowest BCUT2D eigenvalue weighted by molar-refractivity contribution is -0.137. The van der Waals surface area contributed by atoms with E-state index in [1.165, 1.54) is 23.5 Å². The Balaban J connectivity index is 2.04. The van der Waals surface area contributed by atoms with E-state index in [-0.39, 0.29) is 0 Å². The van der Waals surface area contributed by atoms with Gasteiger partial charge in [0.25, 0.3) is 0 Å². The van der Waals surface area contributed by atoms with Crippen LogP contribution in [0, 0.1) is 5.92 Å². The molecule has 0 amide bonds. The molecule has 1 aromatic carbocycles. The van der Waals surface area contributed by atoms with Gasteiger partial charge >= 0.3 is 6.18 Å². The zero-order valence-corrected chi connectivity index (χ0v) is 12.6. The van der Waals surface area contributed by atoms with Gasteiger partial charge in [0, 0.05) is 12.1 Å². The fraction of sp³-hybridized carbons (Fsp3) is 0.429. The molecule has 0 aliphatic rings. The first-order chi connectivity index (χ1) is 9.86. The van der Waals surface area contributed by atoms with Gasteiger partial charge < -0.3 is 5.32 Å². The maximum absolute atomic E-state index is 12.5. The predicted octanol–water partition coefficient (Wildman–Crippen LogP) is 3.97. The minimum atomic E-state index is -4.31. The van der Waals surface area contributed by atoms with Gasteiger partial charge in [-0.15, -0.1) is 10.2 Å². The molecule has 0 saturated carbocycles. The average Bonchev–Trinajstić information content (AvgIpc) is 2.86. The lowest BCUT2D eigenvalue weighted by atomic mass is 10.1. The van der Waals surface area contributed by atoms with Crippen LogP contribution in [0.3, 0.4) is 0 Å². The number of nitrogens with zero attached hydrogens (tertiary/aromatic N) is 2. The number of halogens is 3. The van der Waals surface area contributed by atoms with Crippen LogP contribution < -0.4 is 5.32 Å². The highest BCUT2D eigenvalue weighted by atomic mass is 32.1. The maximum Gasteiger partial charge on any atom is 0.416 e. The molecular weight excluding hydrogens is 299 g/mol. The van der Waals surface area contributed by atoms with E-state index < -0.39 is 11.7 Å². The van der Waals surface area contributed by atoms with E-state index in [9.17, 15) is 13.2 Å². The maximum atomic E-state index is 12.5. The number of nitrogens with one attached hydrogen (secondary N) is 1. The van der Waals surface area contributed by atoms with E-state index in [0.717, 1.165) is 23.7 Å². The van der Waals surface area contributed by atoms with Gasteiger partial charge in [0.15, 0.2) is 0 Å². The Labute approximate surface area is 125 Å². The average molecular weight is 315 g/mol. The number of benzene rings is 1. The first-order valence-corrected chi connectivity index (χ1v) is 7.38. The zero-order valence-electron chi connectivity index (χ0n) is 11.7. The Hall–Kier alpha value is -1.47. The zero-order chi connectivity index (χ0) is 15.5. The molecule has 0 saturated heterocycles. The smallest absolute Gasteiger partial charge is 0.310 e. The third-order valence-corrected chi connectivity index (χ3v) is 3.73. The van der Waals surface area contributed by atoms with Gasteiger partial charge in [-0.2, -0.15) is 13.2 Å². The van der Waals surface area contributed by atoms with Gasteiger partial charge in [0.05, 0.1) is 5.56 Å². The highest BCUT2D eigenvalue weighted by Gasteiger charge is 2.30. The van der Waals surface area contributed by atoms with Crippen molar-refractivity contribution in [3.8, 4) is 10.6 Å². The van der Waals surface area contributed by atoms with E-state index in [1.54, 1.807) is 0 Å². The summed E-state index contributed by atoms with van der Waals surface area (Å²) in [5.41, 5.74) is -0.00908. The minimum absolute atomic E-state index is 0.548. The van der Waals surface area contributed by atoms with Crippen LogP contribution in [-0.4, -0.2) is 16.7 Å². The van der Waals surface area contributed by atoms with E-state index in [4.69, 9.17) is 0 Å². The highest BCUT2D eigenvalue weighted by Crippen LogP contribution is 2.31. The van der Waals surface area contributed by atoms with Gasteiger partial charge in [0.2, 0.25) is 0 Å². The van der Waals surface area contributed by atoms with Gasteiger partial charge in [-0.3, -0.25) is 0 Å². The molecule has 21 heavy (non-hydrogen) atoms. The molecule has 0 radical (unpaired) electrons. The number of aromatic nitrogens is 2. The second kappa shape index (κ2) is 6.53. The van der Waals surface area contributed by atoms with E-state index in [2.05, 4.69) is 29.4 Å². The van der Waals surface area contributed by atoms with Crippen LogP contribution >= 0.6 is 11.3 Å². The SMILES string of the molecule is CC(C)CNCc1nnc(-c2ccc(C(F)(F)F)cc2)s1. The van der Waals surface area contributed by atoms with Gasteiger partial charge in [-0.1, -0.05) is 37.3 Å². The van der Waals surface area contributed by atoms with Crippen molar-refractivity contribution in [2.24, 2.45) is 5.92 Å². The van der Waals surface area contributed by atoms with E-state index in [1.807, 2.05) is 0 Å². The third-order valence-electron chi connectivity index (χ3n) is 2.75. The highest BCUT2D eigenvalue weighted by molar-refractivity contribution is 7.14. The molecule has 0 spiro atoms. The molecule has 2 rings (SSSR count). The lowest BCUT2D eigenvalue weighted by Crippen LogP contribution is -2.18. The molecule has 0 aliphatic heterocycles. The summed E-state index contributed by atoms with van der Waals surface area (Å²) in [6.07, 6.45) is -4.31. The fourth-order valence-corrected chi connectivity index (χ4v) is 2.53. The minimum Gasteiger partial charge on any atom is -0.310 e. The summed E-state index contributed by atoms with van der Waals surface area (Å²) in [6, 6.07) is 4.98. The Morgan fingerprint density at radius 1 is 1.14 bits per heavy atom. The van der Waals surface area contributed by atoms with Crippen molar-refractivity contribution in [1.29, 1.82) is 0 Å². The third kappa shape index (κ3) is 4.50. The Kier molecular flexibility index (Phi) is 4.95. The molecule has 7 heteroatoms. The van der Waals surface area contributed by atoms with Gasteiger partial charge in [-0.25, -0.2) is 0 Å². The first-order valence-electron chi connectivity index (χ1n) is 6.57. The van der Waals surface area contributed by atoms with Crippen LogP contribution in [0.15, 0.2) is 24.3 Å². The molecule has 0 unspecified atom stereocenters. The fourth-order valence-electron chi connectivity index (χ4n) is 1.71. The van der Waals surface area contributed by atoms with Crippen LogP contribution in [0.25, 0.3) is 10.6 Å². The van der Waals surface area contributed by atoms with Crippen molar-refractivity contribution >= 4 is 11.3 Å². The normalized spacial score (nSPS) is 12.1. The monoisotopic (exact) mass is 315 g/mol. The summed E-state index contributed by atoms with van der Waals surface area (Å²) in [4.78, 5) is 0. The van der Waals surface area contributed by atoms with Crippen molar-refractivity contribution in [1.82, 2.24) is 15.5 Å². The summed E-state index contributed by atoms with van der Waals surface area (Å²) in [5, 5.41) is 12.8. The lowest BCUT2D eigenvalue weighted by Gasteiger charge is -2.06. The van der Waals surface area contributed by atoms with E-state index >= 15 is 0 Å². The number of alkyl halides is 3. The molecule has 114 valence electrons. The first kappa shape index (κ1) is 15.9. The summed E-state index contributed by atoms with van der Waals surface area (Å²) in [7, 11) is 0. The van der Waals surface area contributed by atoms with E-state index in [0.29, 0.717) is 23.0 Å². The molecule has 0 aliphatic carbocycles. The van der Waals surface area contributed by atoms with Crippen LogP contribution in [0.1, 0.15) is 24.4 Å². The Bertz CT molecular complexity index is 576. The molecular formula is C14H16F3N3S. The summed E-state index contributed by atoms with van der Waals surface area (Å²) in [6.45, 7) is 5.73. The Morgan fingerprint density at radius 2 is 1.81 bits per heavy atom. The Morgan fingerprint density at radius 3 is 2.38 bits per heavy atom. The second-order valence-corrected chi connectivity index (χ2v) is 6.16. The number of hydrogen-bond donors (Lipinski definition) is 1. The van der Waals surface area contributed by atoms with Crippen LogP contribution in [0.4, 0.5) is 13.2 Å². The molecule has 0 fully saturated rings. The standard InChI is InChI=1S/C14H16F3N3S/c1-9(2)7-18-8-12-19-20-13(21-12)10-3-5-11(6-4-10)14(15,16)17/h3-6,9,18H,7-8H2,1-2H3. The second-order valence-electron chi connectivity index (χ2n) is 5.10. The summed E-state index contributed by atoms with van der Waals surface area (Å²) >= 11 is 1.39. The van der Waals surface area contributed by atoms with Gasteiger partial charge in [-0.05, 0) is 24.6 Å². The van der Waals surface area contributed by atoms with Crippen molar-refractivity contribution in [2.45, 2.75) is 26.6 Å². The van der Waals surface area contributed by atoms with Gasteiger partial charge in [0.1, 0.15) is 10.0 Å². The molecule has 0 bridgehead atoms. The summed E-state index contributed by atoms with van der Waals surface area (Å²) < 4.78 is 37.5. The van der Waals surface area contributed by atoms with Crippen LogP contribution in [0.2, 0.25) is 0 Å². The quantitative estimate of drug-likeness (QED) is 0.907. The molecule has 0 atom stereocenters. The van der Waals surface area contributed by atoms with Crippen molar-refractivity contribution in [2.75, 3.05) is 6.54 Å².